The van der Waals surface area contributed by atoms with Crippen LogP contribution in [0.1, 0.15) is 22.6 Å². The molecule has 1 aliphatic heterocycles. The Hall–Kier alpha value is -3.59. The predicted molar refractivity (Wildman–Crippen MR) is 99.3 cm³/mol. The molecule has 0 spiro atoms. The van der Waals surface area contributed by atoms with Crippen LogP contribution in [0.2, 0.25) is 0 Å². The van der Waals surface area contributed by atoms with E-state index in [0.29, 0.717) is 17.9 Å². The normalized spacial score (nSPS) is 19.2. The Morgan fingerprint density at radius 3 is 2.75 bits per heavy atom. The number of carbonyl (C=O) groups is 2. The Kier molecular flexibility index (Phi) is 4.16. The van der Waals surface area contributed by atoms with E-state index in [0.717, 1.165) is 5.56 Å². The summed E-state index contributed by atoms with van der Waals surface area (Å²) in [5.74, 6) is -0.987. The third-order valence-corrected chi connectivity index (χ3v) is 4.83. The van der Waals surface area contributed by atoms with E-state index < -0.39 is 11.5 Å². The van der Waals surface area contributed by atoms with Crippen LogP contribution in [0.3, 0.4) is 0 Å². The number of primary amides is 1. The van der Waals surface area contributed by atoms with E-state index in [1.54, 1.807) is 31.4 Å². The summed E-state index contributed by atoms with van der Waals surface area (Å²) in [7, 11) is 1.64. The van der Waals surface area contributed by atoms with Crippen molar-refractivity contribution >= 4 is 11.8 Å². The van der Waals surface area contributed by atoms with Crippen LogP contribution in [-0.4, -0.2) is 55.4 Å². The molecule has 0 unspecified atom stereocenters. The zero-order chi connectivity index (χ0) is 19.9. The van der Waals surface area contributed by atoms with Crippen molar-refractivity contribution in [3.05, 3.63) is 60.0 Å². The summed E-state index contributed by atoms with van der Waals surface area (Å²) >= 11 is 0. The first kappa shape index (κ1) is 17.8. The van der Waals surface area contributed by atoms with Gasteiger partial charge in [0.25, 0.3) is 11.8 Å². The summed E-state index contributed by atoms with van der Waals surface area (Å²) in [6, 6.07) is 12.3. The van der Waals surface area contributed by atoms with Gasteiger partial charge in [-0.3, -0.25) is 9.59 Å². The van der Waals surface area contributed by atoms with Gasteiger partial charge in [-0.2, -0.15) is 0 Å². The van der Waals surface area contributed by atoms with Crippen molar-refractivity contribution in [3.8, 4) is 16.9 Å². The Balaban J connectivity index is 1.68. The minimum Gasteiger partial charge on any atom is -0.374 e. The van der Waals surface area contributed by atoms with Gasteiger partial charge in [0.05, 0.1) is 17.6 Å². The van der Waals surface area contributed by atoms with Crippen molar-refractivity contribution in [3.63, 3.8) is 0 Å². The van der Waals surface area contributed by atoms with Crippen molar-refractivity contribution in [2.45, 2.75) is 12.0 Å². The van der Waals surface area contributed by atoms with Crippen LogP contribution in [0.5, 0.6) is 0 Å². The van der Waals surface area contributed by atoms with Gasteiger partial charge >= 0.3 is 0 Å². The van der Waals surface area contributed by atoms with E-state index in [9.17, 15) is 14.7 Å². The molecule has 1 aliphatic rings. The average molecular weight is 378 g/mol. The number of aliphatic hydroxyl groups is 1. The fourth-order valence-electron chi connectivity index (χ4n) is 3.21. The van der Waals surface area contributed by atoms with E-state index >= 15 is 0 Å². The third-order valence-electron chi connectivity index (χ3n) is 4.83. The minimum absolute atomic E-state index is 0.178. The largest absolute Gasteiger partial charge is 0.374 e. The highest BCUT2D eigenvalue weighted by atomic mass is 16.3. The lowest BCUT2D eigenvalue weighted by Crippen LogP contribution is -2.36. The number of nitrogens with two attached hydrogens (primary N) is 1. The quantitative estimate of drug-likeness (QED) is 0.680. The lowest BCUT2D eigenvalue weighted by molar-refractivity contribution is -0.143. The first-order valence-electron chi connectivity index (χ1n) is 8.67. The van der Waals surface area contributed by atoms with Crippen LogP contribution < -0.4 is 5.73 Å². The van der Waals surface area contributed by atoms with Crippen LogP contribution in [-0.2, 0) is 10.4 Å². The van der Waals surface area contributed by atoms with Gasteiger partial charge in [0, 0.05) is 25.6 Å². The van der Waals surface area contributed by atoms with Gasteiger partial charge in [0.2, 0.25) is 0 Å². The molecule has 1 fully saturated rings. The Morgan fingerprint density at radius 1 is 1.25 bits per heavy atom. The molecule has 3 heterocycles. The summed E-state index contributed by atoms with van der Waals surface area (Å²) in [5, 5.41) is 18.8. The number of hydrogen-bond acceptors (Lipinski definition) is 6. The second-order valence-electron chi connectivity index (χ2n) is 6.71. The van der Waals surface area contributed by atoms with E-state index in [4.69, 9.17) is 5.73 Å². The average Bonchev–Trinajstić information content (AvgIpc) is 3.31. The summed E-state index contributed by atoms with van der Waals surface area (Å²) in [6.45, 7) is 0.458. The zero-order valence-electron chi connectivity index (χ0n) is 15.1. The van der Waals surface area contributed by atoms with E-state index in [2.05, 4.69) is 15.3 Å². The number of amides is 2. The third kappa shape index (κ3) is 2.91. The van der Waals surface area contributed by atoms with Crippen molar-refractivity contribution in [2.75, 3.05) is 13.6 Å². The highest BCUT2D eigenvalue weighted by Crippen LogP contribution is 2.31. The van der Waals surface area contributed by atoms with Gasteiger partial charge in [-0.05, 0) is 24.3 Å². The molecule has 0 aliphatic carbocycles. The van der Waals surface area contributed by atoms with Gasteiger partial charge in [0.15, 0.2) is 5.60 Å². The maximum absolute atomic E-state index is 12.3. The predicted octanol–water partition coefficient (Wildman–Crippen LogP) is 0.478. The molecule has 28 heavy (non-hydrogen) atoms. The standard InChI is InChI=1S/C19H18N6O3/c1-24-9-8-19(28,18(24)27)16-11-25(23-22-16)13-5-2-4-12(10-13)14-6-3-7-15(21-14)17(20)26/h2-7,10-11,28H,8-9H2,1H3,(H2,20,26)/t19-/m0/s1. The van der Waals surface area contributed by atoms with Gasteiger partial charge in [-0.15, -0.1) is 5.10 Å². The lowest BCUT2D eigenvalue weighted by Gasteiger charge is -2.17. The van der Waals surface area contributed by atoms with Gasteiger partial charge in [0.1, 0.15) is 11.4 Å². The number of hydrogen-bond donors (Lipinski definition) is 2. The molecule has 1 atom stereocenters. The second kappa shape index (κ2) is 6.54. The number of rotatable bonds is 4. The van der Waals surface area contributed by atoms with Crippen molar-refractivity contribution < 1.29 is 14.7 Å². The first-order chi connectivity index (χ1) is 13.4. The smallest absolute Gasteiger partial charge is 0.267 e. The van der Waals surface area contributed by atoms with Crippen LogP contribution in [0, 0.1) is 0 Å². The molecule has 0 radical (unpaired) electrons. The molecule has 2 amide bonds. The van der Waals surface area contributed by atoms with Gasteiger partial charge in [-0.25, -0.2) is 9.67 Å². The summed E-state index contributed by atoms with van der Waals surface area (Å²) in [5.41, 5.74) is 6.05. The Morgan fingerprint density at radius 2 is 2.04 bits per heavy atom. The van der Waals surface area contributed by atoms with Crippen LogP contribution in [0.25, 0.3) is 16.9 Å². The number of carbonyl (C=O) groups excluding carboxylic acids is 2. The van der Waals surface area contributed by atoms with Crippen molar-refractivity contribution in [1.82, 2.24) is 24.9 Å². The molecule has 142 valence electrons. The number of likely N-dealkylation sites (N-methyl/N-ethyl adjacent to an activating group) is 1. The number of aromatic nitrogens is 4. The topological polar surface area (TPSA) is 127 Å². The second-order valence-corrected chi connectivity index (χ2v) is 6.71. The molecule has 3 aromatic rings. The van der Waals surface area contributed by atoms with Crippen LogP contribution in [0.15, 0.2) is 48.7 Å². The van der Waals surface area contributed by atoms with E-state index in [-0.39, 0.29) is 23.7 Å². The van der Waals surface area contributed by atoms with Crippen LogP contribution >= 0.6 is 0 Å². The molecule has 0 bridgehead atoms. The SMILES string of the molecule is CN1CC[C@](O)(c2cn(-c3cccc(-c4cccc(C(N)=O)n4)c3)nn2)C1=O. The maximum atomic E-state index is 12.3. The molecule has 9 heteroatoms. The first-order valence-corrected chi connectivity index (χ1v) is 8.67. The Bertz CT molecular complexity index is 1080. The number of pyridine rings is 1. The molecular weight excluding hydrogens is 360 g/mol. The fourth-order valence-corrected chi connectivity index (χ4v) is 3.21. The summed E-state index contributed by atoms with van der Waals surface area (Å²) < 4.78 is 1.49. The molecule has 2 aromatic heterocycles. The number of benzene rings is 1. The van der Waals surface area contributed by atoms with Crippen molar-refractivity contribution in [2.24, 2.45) is 5.73 Å². The maximum Gasteiger partial charge on any atom is 0.267 e. The molecule has 9 nitrogen and oxygen atoms in total. The molecule has 0 saturated carbocycles. The lowest BCUT2D eigenvalue weighted by atomic mass is 9.99. The molecule has 1 saturated heterocycles. The summed E-state index contributed by atoms with van der Waals surface area (Å²) in [4.78, 5) is 29.4. The van der Waals surface area contributed by atoms with E-state index in [1.165, 1.54) is 9.58 Å². The van der Waals surface area contributed by atoms with Crippen molar-refractivity contribution in [1.29, 1.82) is 0 Å². The van der Waals surface area contributed by atoms with Crippen LogP contribution in [0.4, 0.5) is 0 Å². The molecule has 4 rings (SSSR count). The number of nitrogens with zero attached hydrogens (tertiary/aromatic N) is 5. The number of likely N-dealkylation sites (tertiary alicyclic amines) is 1. The summed E-state index contributed by atoms with van der Waals surface area (Å²) in [6.07, 6.45) is 1.81. The van der Waals surface area contributed by atoms with Gasteiger partial charge < -0.3 is 15.7 Å². The molecule has 3 N–H and O–H groups in total. The van der Waals surface area contributed by atoms with E-state index in [1.807, 2.05) is 24.3 Å². The highest BCUT2D eigenvalue weighted by Gasteiger charge is 2.47. The Labute approximate surface area is 160 Å². The minimum atomic E-state index is -1.65. The fraction of sp³-hybridized carbons (Fsp3) is 0.211. The molecule has 1 aromatic carbocycles. The van der Waals surface area contributed by atoms with Gasteiger partial charge in [-0.1, -0.05) is 23.4 Å². The zero-order valence-corrected chi connectivity index (χ0v) is 15.1. The molecular formula is C19H18N6O3. The monoisotopic (exact) mass is 378 g/mol. The highest BCUT2D eigenvalue weighted by molar-refractivity contribution is 5.91.